The highest BCUT2D eigenvalue weighted by Crippen LogP contribution is 2.07. The van der Waals surface area contributed by atoms with E-state index in [0.29, 0.717) is 0 Å². The van der Waals surface area contributed by atoms with Gasteiger partial charge in [-0.3, -0.25) is 4.79 Å². The van der Waals surface area contributed by atoms with Gasteiger partial charge in [0.2, 0.25) is 5.91 Å². The Morgan fingerprint density at radius 2 is 2.22 bits per heavy atom. The van der Waals surface area contributed by atoms with Gasteiger partial charge in [0.25, 0.3) is 0 Å². The van der Waals surface area contributed by atoms with Gasteiger partial charge in [0.15, 0.2) is 0 Å². The summed E-state index contributed by atoms with van der Waals surface area (Å²) in [6.07, 6.45) is 4.44. The zero-order valence-corrected chi connectivity index (χ0v) is 12.0. The fraction of sp³-hybridized carbons (Fsp3) is 0.500. The summed E-state index contributed by atoms with van der Waals surface area (Å²) in [5.41, 5.74) is 1.08. The molecule has 0 unspecified atom stereocenters. The van der Waals surface area contributed by atoms with E-state index in [4.69, 9.17) is 0 Å². The molecule has 1 rings (SSSR count). The summed E-state index contributed by atoms with van der Waals surface area (Å²) < 4.78 is 0. The third kappa shape index (κ3) is 5.98. The first kappa shape index (κ1) is 14.9. The first-order chi connectivity index (χ1) is 8.76. The van der Waals surface area contributed by atoms with Gasteiger partial charge in [0.1, 0.15) is 0 Å². The van der Waals surface area contributed by atoms with Crippen LogP contribution in [-0.2, 0) is 4.79 Å². The van der Waals surface area contributed by atoms with Crippen molar-refractivity contribution in [3.05, 3.63) is 28.5 Å². The van der Waals surface area contributed by atoms with Gasteiger partial charge in [0, 0.05) is 12.6 Å². The predicted octanol–water partition coefficient (Wildman–Crippen LogP) is 2.61. The lowest BCUT2D eigenvalue weighted by Gasteiger charge is -2.17. The van der Waals surface area contributed by atoms with Crippen LogP contribution >= 0.6 is 11.3 Å². The van der Waals surface area contributed by atoms with Crippen LogP contribution in [0.15, 0.2) is 22.9 Å². The number of thiophene rings is 1. The van der Waals surface area contributed by atoms with Crippen LogP contribution in [0.4, 0.5) is 0 Å². The molecule has 1 heterocycles. The number of amides is 1. The smallest absolute Gasteiger partial charge is 0.244 e. The van der Waals surface area contributed by atoms with Gasteiger partial charge in [-0.05, 0) is 54.5 Å². The van der Waals surface area contributed by atoms with Crippen LogP contribution in [0.25, 0.3) is 6.08 Å². The molecule has 100 valence electrons. The van der Waals surface area contributed by atoms with Crippen molar-refractivity contribution in [2.75, 3.05) is 26.2 Å². The second-order valence-corrected chi connectivity index (χ2v) is 4.84. The highest BCUT2D eigenvalue weighted by atomic mass is 32.1. The number of carbonyl (C=O) groups excluding carboxylic acids is 1. The Morgan fingerprint density at radius 3 is 2.83 bits per heavy atom. The van der Waals surface area contributed by atoms with E-state index in [0.717, 1.165) is 38.2 Å². The fourth-order valence-electron chi connectivity index (χ4n) is 1.65. The number of hydrogen-bond donors (Lipinski definition) is 1. The summed E-state index contributed by atoms with van der Waals surface area (Å²) in [6, 6.07) is 1.99. The van der Waals surface area contributed by atoms with Crippen molar-refractivity contribution in [1.82, 2.24) is 10.2 Å². The lowest BCUT2D eigenvalue weighted by molar-refractivity contribution is -0.116. The minimum Gasteiger partial charge on any atom is -0.353 e. The minimum atomic E-state index is -0.0132. The largest absolute Gasteiger partial charge is 0.353 e. The van der Waals surface area contributed by atoms with Crippen LogP contribution in [0.2, 0.25) is 0 Å². The molecule has 4 heteroatoms. The fourth-order valence-corrected chi connectivity index (χ4v) is 2.28. The van der Waals surface area contributed by atoms with Crippen LogP contribution in [0.1, 0.15) is 25.8 Å². The van der Waals surface area contributed by atoms with E-state index < -0.39 is 0 Å². The summed E-state index contributed by atoms with van der Waals surface area (Å²) in [5, 5.41) is 6.92. The molecule has 18 heavy (non-hydrogen) atoms. The molecule has 0 aliphatic carbocycles. The van der Waals surface area contributed by atoms with Crippen molar-refractivity contribution in [1.29, 1.82) is 0 Å². The Labute approximate surface area is 114 Å². The van der Waals surface area contributed by atoms with Gasteiger partial charge in [0.05, 0.1) is 0 Å². The van der Waals surface area contributed by atoms with Crippen molar-refractivity contribution in [2.45, 2.75) is 20.3 Å². The molecular weight excluding hydrogens is 244 g/mol. The molecule has 0 spiro atoms. The first-order valence-electron chi connectivity index (χ1n) is 6.46. The zero-order valence-electron chi connectivity index (χ0n) is 11.2. The summed E-state index contributed by atoms with van der Waals surface area (Å²) in [6.45, 7) is 8.24. The molecule has 0 saturated carbocycles. The van der Waals surface area contributed by atoms with Crippen LogP contribution in [0.5, 0.6) is 0 Å². The molecule has 0 fully saturated rings. The van der Waals surface area contributed by atoms with Gasteiger partial charge in [-0.2, -0.15) is 11.3 Å². The van der Waals surface area contributed by atoms with E-state index in [1.165, 1.54) is 0 Å². The first-order valence-corrected chi connectivity index (χ1v) is 7.41. The Bertz CT molecular complexity index is 356. The highest BCUT2D eigenvalue weighted by Gasteiger charge is 1.99. The number of hydrogen-bond acceptors (Lipinski definition) is 3. The summed E-state index contributed by atoms with van der Waals surface area (Å²) in [4.78, 5) is 13.9. The minimum absolute atomic E-state index is 0.0132. The van der Waals surface area contributed by atoms with Crippen molar-refractivity contribution < 1.29 is 4.79 Å². The number of carbonyl (C=O) groups is 1. The molecule has 1 aromatic rings. The molecule has 0 aromatic carbocycles. The Balaban J connectivity index is 2.14. The highest BCUT2D eigenvalue weighted by molar-refractivity contribution is 7.08. The van der Waals surface area contributed by atoms with Crippen molar-refractivity contribution >= 4 is 23.3 Å². The van der Waals surface area contributed by atoms with E-state index in [1.807, 2.05) is 22.9 Å². The van der Waals surface area contributed by atoms with Crippen molar-refractivity contribution in [3.63, 3.8) is 0 Å². The van der Waals surface area contributed by atoms with Gasteiger partial charge >= 0.3 is 0 Å². The standard InChI is InChI=1S/C14H22N2OS/c1-3-16(4-2)10-5-9-15-14(17)7-6-13-8-11-18-12-13/h6-8,11-12H,3-5,9-10H2,1-2H3,(H,15,17)/b7-6+. The number of nitrogens with zero attached hydrogens (tertiary/aromatic N) is 1. The van der Waals surface area contributed by atoms with Gasteiger partial charge in [-0.15, -0.1) is 0 Å². The lowest BCUT2D eigenvalue weighted by Crippen LogP contribution is -2.29. The molecule has 1 N–H and O–H groups in total. The van der Waals surface area contributed by atoms with E-state index >= 15 is 0 Å². The average molecular weight is 266 g/mol. The van der Waals surface area contributed by atoms with Gasteiger partial charge in [-0.1, -0.05) is 13.8 Å². The maximum Gasteiger partial charge on any atom is 0.244 e. The molecule has 0 atom stereocenters. The zero-order chi connectivity index (χ0) is 13.2. The Morgan fingerprint density at radius 1 is 1.44 bits per heavy atom. The third-order valence-electron chi connectivity index (χ3n) is 2.82. The summed E-state index contributed by atoms with van der Waals surface area (Å²) >= 11 is 1.63. The second-order valence-electron chi connectivity index (χ2n) is 4.06. The molecule has 0 bridgehead atoms. The number of nitrogens with one attached hydrogen (secondary N) is 1. The Kier molecular flexibility index (Phi) is 7.37. The SMILES string of the molecule is CCN(CC)CCCNC(=O)/C=C/c1ccsc1. The van der Waals surface area contributed by atoms with Gasteiger partial charge < -0.3 is 10.2 Å². The van der Waals surface area contributed by atoms with Gasteiger partial charge in [-0.25, -0.2) is 0 Å². The monoisotopic (exact) mass is 266 g/mol. The van der Waals surface area contributed by atoms with Crippen molar-refractivity contribution in [3.8, 4) is 0 Å². The molecule has 0 saturated heterocycles. The molecule has 1 amide bonds. The summed E-state index contributed by atoms with van der Waals surface area (Å²) in [7, 11) is 0. The van der Waals surface area contributed by atoms with Crippen LogP contribution in [-0.4, -0.2) is 37.0 Å². The topological polar surface area (TPSA) is 32.3 Å². The second kappa shape index (κ2) is 8.89. The predicted molar refractivity (Wildman–Crippen MR) is 78.8 cm³/mol. The quantitative estimate of drug-likeness (QED) is 0.579. The summed E-state index contributed by atoms with van der Waals surface area (Å²) in [5.74, 6) is -0.0132. The van der Waals surface area contributed by atoms with E-state index in [1.54, 1.807) is 17.4 Å². The third-order valence-corrected chi connectivity index (χ3v) is 3.52. The van der Waals surface area contributed by atoms with E-state index in [2.05, 4.69) is 24.1 Å². The number of rotatable bonds is 8. The molecule has 0 aliphatic heterocycles. The van der Waals surface area contributed by atoms with Crippen molar-refractivity contribution in [2.24, 2.45) is 0 Å². The van der Waals surface area contributed by atoms with Crippen LogP contribution in [0.3, 0.4) is 0 Å². The molecule has 0 aliphatic rings. The molecule has 1 aromatic heterocycles. The van der Waals surface area contributed by atoms with E-state index in [9.17, 15) is 4.79 Å². The normalized spacial score (nSPS) is 11.3. The van der Waals surface area contributed by atoms with Crippen LogP contribution in [0, 0.1) is 0 Å². The maximum absolute atomic E-state index is 11.5. The molecular formula is C14H22N2OS. The maximum atomic E-state index is 11.5. The van der Waals surface area contributed by atoms with Crippen LogP contribution < -0.4 is 5.32 Å². The lowest BCUT2D eigenvalue weighted by atomic mass is 10.3. The van der Waals surface area contributed by atoms with E-state index in [-0.39, 0.29) is 5.91 Å². The molecule has 3 nitrogen and oxygen atoms in total. The average Bonchev–Trinajstić information content (AvgIpc) is 2.90. The molecule has 0 radical (unpaired) electrons. The Hall–Kier alpha value is -1.13.